The molecule has 0 aromatic heterocycles. The Bertz CT molecular complexity index is 1630. The van der Waals surface area contributed by atoms with Crippen LogP contribution in [-0.4, -0.2) is 140 Å². The quantitative estimate of drug-likeness (QED) is 0.0204. The summed E-state index contributed by atoms with van der Waals surface area (Å²) in [7, 11) is 0. The van der Waals surface area contributed by atoms with Crippen molar-refractivity contribution in [3.05, 3.63) is 72.9 Å². The molecule has 0 bridgehead atoms. The third-order valence-electron chi connectivity index (χ3n) is 15.7. The standard InChI is InChI=1S/C67H119NO13/c1-3-5-7-9-11-13-15-16-17-18-19-20-21-22-23-24-25-26-27-28-29-30-31-32-33-34-35-36-37-38-39-40-41-43-45-47-49-51-59(72)68-55(56(71)50-48-46-44-42-14-12-10-8-6-4-2)54-78-66-64(77)62(75)65(58(53-70)80-66)81-67-63(76)61(74)60(73)57(52-69)79-67/h5,7,11,13,16-17,19-20,22-23,25-26,55-58,60-67,69-71,73-77H,3-4,6,8-10,12,14-15,18,21,24,27-54H2,1-2H3,(H,68,72)/b7-5-,13-11-,17-16-,20-19-,23-22-,26-25-. The Hall–Kier alpha value is -2.57. The molecule has 9 N–H and O–H groups in total. The van der Waals surface area contributed by atoms with Crippen LogP contribution >= 0.6 is 0 Å². The van der Waals surface area contributed by atoms with E-state index in [1.165, 1.54) is 135 Å². The van der Waals surface area contributed by atoms with E-state index >= 15 is 0 Å². The molecule has 2 aliphatic heterocycles. The van der Waals surface area contributed by atoms with Crippen LogP contribution in [0.3, 0.4) is 0 Å². The van der Waals surface area contributed by atoms with Crippen molar-refractivity contribution in [1.82, 2.24) is 5.32 Å². The minimum absolute atomic E-state index is 0.208. The summed E-state index contributed by atoms with van der Waals surface area (Å²) in [5.74, 6) is -0.208. The summed E-state index contributed by atoms with van der Waals surface area (Å²) >= 11 is 0. The normalized spacial score (nSPS) is 24.6. The van der Waals surface area contributed by atoms with Gasteiger partial charge in [-0.3, -0.25) is 4.79 Å². The largest absolute Gasteiger partial charge is 0.394 e. The second-order valence-corrected chi connectivity index (χ2v) is 22.9. The van der Waals surface area contributed by atoms with Crippen molar-refractivity contribution in [1.29, 1.82) is 0 Å². The number of allylic oxidation sites excluding steroid dienone is 12. The minimum Gasteiger partial charge on any atom is -0.394 e. The molecule has 2 aliphatic rings. The number of hydrogen-bond acceptors (Lipinski definition) is 13. The third kappa shape index (κ3) is 36.8. The molecule has 12 atom stereocenters. The van der Waals surface area contributed by atoms with E-state index in [4.69, 9.17) is 18.9 Å². The van der Waals surface area contributed by atoms with Crippen LogP contribution < -0.4 is 5.32 Å². The molecule has 12 unspecified atom stereocenters. The van der Waals surface area contributed by atoms with E-state index in [1.54, 1.807) is 0 Å². The van der Waals surface area contributed by atoms with Gasteiger partial charge in [-0.15, -0.1) is 0 Å². The van der Waals surface area contributed by atoms with Crippen LogP contribution in [-0.2, 0) is 23.7 Å². The molecule has 0 spiro atoms. The lowest BCUT2D eigenvalue weighted by Crippen LogP contribution is -2.65. The van der Waals surface area contributed by atoms with Gasteiger partial charge in [-0.05, 0) is 64.2 Å². The first kappa shape index (κ1) is 74.5. The summed E-state index contributed by atoms with van der Waals surface area (Å²) < 4.78 is 22.8. The van der Waals surface area contributed by atoms with Crippen molar-refractivity contribution in [3.63, 3.8) is 0 Å². The number of carbonyl (C=O) groups is 1. The van der Waals surface area contributed by atoms with E-state index in [1.807, 2.05) is 0 Å². The van der Waals surface area contributed by atoms with Crippen LogP contribution in [0.4, 0.5) is 0 Å². The number of amides is 1. The molecule has 2 rings (SSSR count). The Morgan fingerprint density at radius 3 is 1.31 bits per heavy atom. The van der Waals surface area contributed by atoms with Crippen molar-refractivity contribution in [2.75, 3.05) is 19.8 Å². The molecule has 2 heterocycles. The molecule has 0 aliphatic carbocycles. The number of ether oxygens (including phenoxy) is 4. The highest BCUT2D eigenvalue weighted by atomic mass is 16.7. The molecule has 14 heteroatoms. The van der Waals surface area contributed by atoms with Gasteiger partial charge in [0, 0.05) is 6.42 Å². The molecule has 0 radical (unpaired) electrons. The van der Waals surface area contributed by atoms with E-state index in [0.29, 0.717) is 12.8 Å². The second kappa shape index (κ2) is 51.8. The Kier molecular flexibility index (Phi) is 47.7. The summed E-state index contributed by atoms with van der Waals surface area (Å²) in [6.45, 7) is 2.73. The smallest absolute Gasteiger partial charge is 0.220 e. The Labute approximate surface area is 491 Å². The average Bonchev–Trinajstić information content (AvgIpc) is 3.51. The van der Waals surface area contributed by atoms with Crippen molar-refractivity contribution in [2.24, 2.45) is 0 Å². The van der Waals surface area contributed by atoms with Crippen LogP contribution in [0.25, 0.3) is 0 Å². The van der Waals surface area contributed by atoms with Gasteiger partial charge in [-0.25, -0.2) is 0 Å². The second-order valence-electron chi connectivity index (χ2n) is 22.9. The summed E-state index contributed by atoms with van der Waals surface area (Å²) in [6.07, 6.45) is 52.3. The molecule has 0 saturated carbocycles. The summed E-state index contributed by atoms with van der Waals surface area (Å²) in [6, 6.07) is -0.828. The molecule has 0 aromatic rings. The Balaban J connectivity index is 1.56. The molecule has 0 aromatic carbocycles. The van der Waals surface area contributed by atoms with Crippen molar-refractivity contribution >= 4 is 5.91 Å². The maximum Gasteiger partial charge on any atom is 0.220 e. The number of rotatable bonds is 52. The van der Waals surface area contributed by atoms with Crippen molar-refractivity contribution < 1.29 is 64.6 Å². The highest BCUT2D eigenvalue weighted by Gasteiger charge is 2.51. The van der Waals surface area contributed by atoms with Crippen molar-refractivity contribution in [3.8, 4) is 0 Å². The van der Waals surface area contributed by atoms with E-state index in [2.05, 4.69) is 92.1 Å². The van der Waals surface area contributed by atoms with Crippen LogP contribution in [0.15, 0.2) is 72.9 Å². The first-order valence-corrected chi connectivity index (χ1v) is 32.7. The Morgan fingerprint density at radius 2 is 0.852 bits per heavy atom. The van der Waals surface area contributed by atoms with Gasteiger partial charge in [0.2, 0.25) is 5.91 Å². The van der Waals surface area contributed by atoms with Crippen LogP contribution in [0, 0.1) is 0 Å². The summed E-state index contributed by atoms with van der Waals surface area (Å²) in [5.41, 5.74) is 0. The van der Waals surface area contributed by atoms with Crippen molar-refractivity contribution in [2.45, 2.75) is 325 Å². The Morgan fingerprint density at radius 1 is 0.457 bits per heavy atom. The zero-order valence-electron chi connectivity index (χ0n) is 50.8. The molecule has 470 valence electrons. The maximum absolute atomic E-state index is 13.3. The van der Waals surface area contributed by atoms with Gasteiger partial charge in [0.25, 0.3) is 0 Å². The maximum atomic E-state index is 13.3. The first-order chi connectivity index (χ1) is 39.6. The number of unbranched alkanes of at least 4 members (excludes halogenated alkanes) is 27. The third-order valence-corrected chi connectivity index (χ3v) is 15.7. The monoisotopic (exact) mass is 1150 g/mol. The lowest BCUT2D eigenvalue weighted by Gasteiger charge is -2.46. The zero-order chi connectivity index (χ0) is 58.8. The fourth-order valence-electron chi connectivity index (χ4n) is 10.5. The number of hydrogen-bond donors (Lipinski definition) is 9. The van der Waals surface area contributed by atoms with Gasteiger partial charge in [-0.2, -0.15) is 0 Å². The topological polar surface area (TPSA) is 228 Å². The number of aliphatic hydroxyl groups is 8. The lowest BCUT2D eigenvalue weighted by molar-refractivity contribution is -0.359. The van der Waals surface area contributed by atoms with Gasteiger partial charge in [0.1, 0.15) is 48.8 Å². The molecule has 2 fully saturated rings. The summed E-state index contributed by atoms with van der Waals surface area (Å²) in [5, 5.41) is 87.1. The van der Waals surface area contributed by atoms with Gasteiger partial charge in [0.05, 0.1) is 32.0 Å². The SMILES string of the molecule is CC/C=C\C/C=C\C/C=C\C/C=C\C/C=C\C/C=C\CCCCCCCCCCCCCCCCCCCCC(=O)NC(COC1OC(CO)C(OC2OC(CO)C(O)C(O)C2O)C(O)C1O)C(O)CCCCCCCCCCCC. The number of aliphatic hydroxyl groups excluding tert-OH is 8. The number of carbonyl (C=O) groups excluding carboxylic acids is 1. The highest BCUT2D eigenvalue weighted by Crippen LogP contribution is 2.30. The summed E-state index contributed by atoms with van der Waals surface area (Å²) in [4.78, 5) is 13.3. The van der Waals surface area contributed by atoms with Crippen LogP contribution in [0.2, 0.25) is 0 Å². The first-order valence-electron chi connectivity index (χ1n) is 32.7. The fraction of sp³-hybridized carbons (Fsp3) is 0.806. The van der Waals surface area contributed by atoms with E-state index in [-0.39, 0.29) is 12.5 Å². The fourth-order valence-corrected chi connectivity index (χ4v) is 10.5. The minimum atomic E-state index is -1.78. The average molecular weight is 1150 g/mol. The predicted octanol–water partition coefficient (Wildman–Crippen LogP) is 12.3. The molecule has 81 heavy (non-hydrogen) atoms. The van der Waals surface area contributed by atoms with Gasteiger partial charge < -0.3 is 65.1 Å². The molecular formula is C67H119NO13. The molecule has 2 saturated heterocycles. The van der Waals surface area contributed by atoms with E-state index in [0.717, 1.165) is 89.9 Å². The van der Waals surface area contributed by atoms with Gasteiger partial charge in [0.15, 0.2) is 12.6 Å². The molecule has 14 nitrogen and oxygen atoms in total. The molecular weight excluding hydrogens is 1030 g/mol. The van der Waals surface area contributed by atoms with Crippen LogP contribution in [0.1, 0.15) is 251 Å². The zero-order valence-corrected chi connectivity index (χ0v) is 50.8. The van der Waals surface area contributed by atoms with E-state index < -0.39 is 86.8 Å². The highest BCUT2D eigenvalue weighted by molar-refractivity contribution is 5.76. The predicted molar refractivity (Wildman–Crippen MR) is 327 cm³/mol. The van der Waals surface area contributed by atoms with Crippen LogP contribution in [0.5, 0.6) is 0 Å². The lowest BCUT2D eigenvalue weighted by atomic mass is 9.97. The van der Waals surface area contributed by atoms with E-state index in [9.17, 15) is 45.6 Å². The van der Waals surface area contributed by atoms with Gasteiger partial charge >= 0.3 is 0 Å². The molecule has 1 amide bonds. The number of nitrogens with one attached hydrogen (secondary N) is 1. The van der Waals surface area contributed by atoms with Gasteiger partial charge in [-0.1, -0.05) is 254 Å².